The monoisotopic (exact) mass is 363 g/mol. The van der Waals surface area contributed by atoms with E-state index < -0.39 is 11.0 Å². The summed E-state index contributed by atoms with van der Waals surface area (Å²) in [5, 5.41) is 5.58. The molecule has 0 heterocycles. The summed E-state index contributed by atoms with van der Waals surface area (Å²) >= 11 is 0. The Bertz CT molecular complexity index is 662. The Labute approximate surface area is 154 Å². The average Bonchev–Trinajstić information content (AvgIpc) is 2.64. The molecule has 7 nitrogen and oxygen atoms in total. The number of hydrogen-bond donors (Lipinski definition) is 3. The molecule has 0 spiro atoms. The minimum Gasteiger partial charge on any atom is -0.497 e. The first-order valence-corrected chi connectivity index (χ1v) is 8.87. The first-order valence-electron chi connectivity index (χ1n) is 8.87. The van der Waals surface area contributed by atoms with Gasteiger partial charge in [0.25, 0.3) is 5.91 Å². The van der Waals surface area contributed by atoms with Crippen LogP contribution in [0.1, 0.15) is 37.6 Å². The number of rotatable bonds is 8. The maximum atomic E-state index is 12.5. The summed E-state index contributed by atoms with van der Waals surface area (Å²) < 4.78 is 10.7. The molecule has 7 heteroatoms. The van der Waals surface area contributed by atoms with Crippen LogP contribution in [0.3, 0.4) is 0 Å². The largest absolute Gasteiger partial charge is 0.497 e. The minimum absolute atomic E-state index is 0.0176. The van der Waals surface area contributed by atoms with Crippen LogP contribution in [0.2, 0.25) is 0 Å². The van der Waals surface area contributed by atoms with Gasteiger partial charge in [-0.1, -0.05) is 19.9 Å². The lowest BCUT2D eigenvalue weighted by Gasteiger charge is -2.57. The second-order valence-electron chi connectivity index (χ2n) is 7.08. The fraction of sp³-hybridized carbons (Fsp3) is 0.579. The van der Waals surface area contributed by atoms with Gasteiger partial charge in [0.2, 0.25) is 5.91 Å². The van der Waals surface area contributed by atoms with E-state index in [0.717, 1.165) is 0 Å². The summed E-state index contributed by atoms with van der Waals surface area (Å²) in [6.07, 6.45) is 0.478. The second-order valence-corrected chi connectivity index (χ2v) is 7.08. The fourth-order valence-corrected chi connectivity index (χ4v) is 3.20. The van der Waals surface area contributed by atoms with Gasteiger partial charge in [-0.05, 0) is 25.1 Å². The molecule has 2 atom stereocenters. The van der Waals surface area contributed by atoms with Crippen molar-refractivity contribution in [3.05, 3.63) is 29.8 Å². The second kappa shape index (κ2) is 8.05. The van der Waals surface area contributed by atoms with Crippen LogP contribution in [0.25, 0.3) is 0 Å². The smallest absolute Gasteiger partial charge is 0.251 e. The Morgan fingerprint density at radius 1 is 1.27 bits per heavy atom. The fourth-order valence-electron chi connectivity index (χ4n) is 3.20. The molecule has 1 saturated carbocycles. The molecule has 1 aromatic rings. The molecule has 0 aliphatic heterocycles. The number of hydrogen-bond acceptors (Lipinski definition) is 5. The number of amides is 2. The standard InChI is InChI=1S/C19H29N3O4/c1-5-26-15-12-19(20,18(15,2)3)17(24)22-10-9-21-16(23)13-7-6-8-14(11-13)25-4/h6-8,11,15H,5,9-10,12,20H2,1-4H3,(H,21,23)(H,22,24). The van der Waals surface area contributed by atoms with Gasteiger partial charge in [0, 0.05) is 37.1 Å². The molecule has 0 radical (unpaired) electrons. The summed E-state index contributed by atoms with van der Waals surface area (Å²) in [6, 6.07) is 6.89. The van der Waals surface area contributed by atoms with Crippen molar-refractivity contribution in [2.45, 2.75) is 38.8 Å². The lowest BCUT2D eigenvalue weighted by atomic mass is 9.54. The van der Waals surface area contributed by atoms with E-state index in [1.807, 2.05) is 20.8 Å². The van der Waals surface area contributed by atoms with Crippen molar-refractivity contribution in [2.24, 2.45) is 11.1 Å². The number of nitrogens with two attached hydrogens (primary N) is 1. The van der Waals surface area contributed by atoms with Crippen molar-refractivity contribution in [2.75, 3.05) is 26.8 Å². The van der Waals surface area contributed by atoms with Crippen LogP contribution in [0.15, 0.2) is 24.3 Å². The Morgan fingerprint density at radius 2 is 1.96 bits per heavy atom. The molecule has 2 rings (SSSR count). The SMILES string of the molecule is CCOC1CC(N)(C(=O)NCCNC(=O)c2cccc(OC)c2)C1(C)C. The number of benzene rings is 1. The highest BCUT2D eigenvalue weighted by atomic mass is 16.5. The van der Waals surface area contributed by atoms with E-state index in [2.05, 4.69) is 10.6 Å². The van der Waals surface area contributed by atoms with Gasteiger partial charge in [-0.3, -0.25) is 9.59 Å². The van der Waals surface area contributed by atoms with Crippen LogP contribution in [0.4, 0.5) is 0 Å². The van der Waals surface area contributed by atoms with Gasteiger partial charge >= 0.3 is 0 Å². The number of nitrogens with one attached hydrogen (secondary N) is 2. The Balaban J connectivity index is 1.79. The van der Waals surface area contributed by atoms with Crippen molar-refractivity contribution < 1.29 is 19.1 Å². The minimum atomic E-state index is -0.955. The zero-order valence-corrected chi connectivity index (χ0v) is 15.9. The van der Waals surface area contributed by atoms with Gasteiger partial charge in [-0.15, -0.1) is 0 Å². The van der Waals surface area contributed by atoms with E-state index in [4.69, 9.17) is 15.2 Å². The molecule has 0 bridgehead atoms. The van der Waals surface area contributed by atoms with Crippen LogP contribution >= 0.6 is 0 Å². The summed E-state index contributed by atoms with van der Waals surface area (Å²) in [6.45, 7) is 7.04. The number of carbonyl (C=O) groups excluding carboxylic acids is 2. The van der Waals surface area contributed by atoms with Crippen molar-refractivity contribution >= 4 is 11.8 Å². The van der Waals surface area contributed by atoms with Crippen molar-refractivity contribution in [1.29, 1.82) is 0 Å². The molecule has 4 N–H and O–H groups in total. The van der Waals surface area contributed by atoms with Gasteiger partial charge in [-0.2, -0.15) is 0 Å². The first-order chi connectivity index (χ1) is 12.3. The zero-order chi connectivity index (χ0) is 19.4. The molecular weight excluding hydrogens is 334 g/mol. The summed E-state index contributed by atoms with van der Waals surface area (Å²) in [5.41, 5.74) is 5.43. The highest BCUT2D eigenvalue weighted by Crippen LogP contribution is 2.49. The number of methoxy groups -OCH3 is 1. The maximum absolute atomic E-state index is 12.5. The molecule has 1 aromatic carbocycles. The van der Waals surface area contributed by atoms with Gasteiger partial charge in [0.05, 0.1) is 13.2 Å². The average molecular weight is 363 g/mol. The molecule has 1 fully saturated rings. The van der Waals surface area contributed by atoms with E-state index in [1.165, 1.54) is 0 Å². The van der Waals surface area contributed by atoms with Crippen molar-refractivity contribution in [3.8, 4) is 5.75 Å². The molecule has 0 saturated heterocycles. The molecule has 2 amide bonds. The van der Waals surface area contributed by atoms with Crippen molar-refractivity contribution in [1.82, 2.24) is 10.6 Å². The predicted octanol–water partition coefficient (Wildman–Crippen LogP) is 1.07. The van der Waals surface area contributed by atoms with E-state index in [9.17, 15) is 9.59 Å². The zero-order valence-electron chi connectivity index (χ0n) is 15.9. The van der Waals surface area contributed by atoms with Crippen LogP contribution in [0.5, 0.6) is 5.75 Å². The van der Waals surface area contributed by atoms with E-state index in [0.29, 0.717) is 37.4 Å². The quantitative estimate of drug-likeness (QED) is 0.600. The van der Waals surface area contributed by atoms with Crippen LogP contribution in [-0.4, -0.2) is 50.3 Å². The lowest BCUT2D eigenvalue weighted by molar-refractivity contribution is -0.170. The maximum Gasteiger partial charge on any atom is 0.251 e. The van der Waals surface area contributed by atoms with Gasteiger partial charge in [0.15, 0.2) is 0 Å². The Kier molecular flexibility index (Phi) is 6.26. The predicted molar refractivity (Wildman–Crippen MR) is 99.1 cm³/mol. The Morgan fingerprint density at radius 3 is 2.58 bits per heavy atom. The van der Waals surface area contributed by atoms with Crippen LogP contribution < -0.4 is 21.1 Å². The Hall–Kier alpha value is -2.12. The molecule has 0 aromatic heterocycles. The van der Waals surface area contributed by atoms with Gasteiger partial charge in [0.1, 0.15) is 11.3 Å². The normalized spacial score (nSPS) is 23.7. The summed E-state index contributed by atoms with van der Waals surface area (Å²) in [4.78, 5) is 24.6. The van der Waals surface area contributed by atoms with Crippen LogP contribution in [-0.2, 0) is 9.53 Å². The van der Waals surface area contributed by atoms with Gasteiger partial charge in [-0.25, -0.2) is 0 Å². The van der Waals surface area contributed by atoms with Crippen LogP contribution in [0, 0.1) is 5.41 Å². The summed E-state index contributed by atoms with van der Waals surface area (Å²) in [7, 11) is 1.55. The van der Waals surface area contributed by atoms with E-state index in [-0.39, 0.29) is 17.9 Å². The van der Waals surface area contributed by atoms with Crippen molar-refractivity contribution in [3.63, 3.8) is 0 Å². The summed E-state index contributed by atoms with van der Waals surface area (Å²) in [5.74, 6) is 0.183. The molecule has 1 aliphatic rings. The third kappa shape index (κ3) is 3.83. The molecule has 1 aliphatic carbocycles. The third-order valence-electron chi connectivity index (χ3n) is 5.26. The molecule has 26 heavy (non-hydrogen) atoms. The highest BCUT2D eigenvalue weighted by molar-refractivity contribution is 5.94. The third-order valence-corrected chi connectivity index (χ3v) is 5.26. The molecular formula is C19H29N3O4. The lowest BCUT2D eigenvalue weighted by Crippen LogP contribution is -2.75. The van der Waals surface area contributed by atoms with Gasteiger partial charge < -0.3 is 25.8 Å². The highest BCUT2D eigenvalue weighted by Gasteiger charge is 2.62. The number of carbonyl (C=O) groups is 2. The molecule has 2 unspecified atom stereocenters. The van der Waals surface area contributed by atoms with E-state index in [1.54, 1.807) is 31.4 Å². The first kappa shape index (κ1) is 20.2. The molecule has 144 valence electrons. The number of ether oxygens (including phenoxy) is 2. The topological polar surface area (TPSA) is 103 Å². The van der Waals surface area contributed by atoms with E-state index >= 15 is 0 Å².